The number of aliphatic hydroxyl groups excluding tert-OH is 2. The summed E-state index contributed by atoms with van der Waals surface area (Å²) in [4.78, 5) is 13.5. The molecule has 0 bridgehead atoms. The highest BCUT2D eigenvalue weighted by molar-refractivity contribution is 5.30. The second-order valence-corrected chi connectivity index (χ2v) is 6.47. The van der Waals surface area contributed by atoms with Crippen molar-refractivity contribution in [2.24, 2.45) is 5.92 Å². The molecule has 3 rings (SSSR count). The Bertz CT molecular complexity index is 462. The molecule has 2 aliphatic rings. The fourth-order valence-electron chi connectivity index (χ4n) is 3.35. The maximum absolute atomic E-state index is 9.99. The van der Waals surface area contributed by atoms with Gasteiger partial charge in [-0.1, -0.05) is 0 Å². The summed E-state index contributed by atoms with van der Waals surface area (Å²) in [5.74, 6) is 0.858. The number of aliphatic hydroxyl groups is 2. The smallest absolute Gasteiger partial charge is 0.225 e. The number of rotatable bonds is 4. The van der Waals surface area contributed by atoms with Crippen molar-refractivity contribution < 1.29 is 10.2 Å². The van der Waals surface area contributed by atoms with E-state index < -0.39 is 6.10 Å². The third-order valence-electron chi connectivity index (χ3n) is 4.78. The monoisotopic (exact) mass is 306 g/mol. The number of piperidine rings is 2. The quantitative estimate of drug-likeness (QED) is 0.850. The predicted molar refractivity (Wildman–Crippen MR) is 84.6 cm³/mol. The van der Waals surface area contributed by atoms with Crippen LogP contribution in [-0.4, -0.2) is 64.0 Å². The third kappa shape index (κ3) is 3.74. The number of hydrogen-bond donors (Lipinski definition) is 2. The number of likely N-dealkylation sites (tertiary alicyclic amines) is 1. The van der Waals surface area contributed by atoms with Crippen LogP contribution in [0.4, 0.5) is 5.95 Å². The lowest BCUT2D eigenvalue weighted by molar-refractivity contribution is -0.00449. The van der Waals surface area contributed by atoms with Gasteiger partial charge in [0.25, 0.3) is 0 Å². The van der Waals surface area contributed by atoms with Crippen molar-refractivity contribution >= 4 is 5.95 Å². The zero-order chi connectivity index (χ0) is 15.4. The molecule has 6 nitrogen and oxygen atoms in total. The fraction of sp³-hybridized carbons (Fsp3) is 0.750. The van der Waals surface area contributed by atoms with Gasteiger partial charge in [-0.2, -0.15) is 0 Å². The Morgan fingerprint density at radius 3 is 2.45 bits per heavy atom. The molecule has 3 heterocycles. The molecular formula is C16H26N4O2. The molecule has 0 aliphatic carbocycles. The van der Waals surface area contributed by atoms with Gasteiger partial charge >= 0.3 is 0 Å². The molecule has 22 heavy (non-hydrogen) atoms. The average Bonchev–Trinajstić information content (AvgIpc) is 2.57. The molecule has 0 saturated carbocycles. The molecule has 0 amide bonds. The van der Waals surface area contributed by atoms with E-state index in [4.69, 9.17) is 0 Å². The molecule has 0 radical (unpaired) electrons. The van der Waals surface area contributed by atoms with E-state index in [1.807, 2.05) is 12.4 Å². The summed E-state index contributed by atoms with van der Waals surface area (Å²) >= 11 is 0. The molecule has 2 N–H and O–H groups in total. The topological polar surface area (TPSA) is 72.7 Å². The standard InChI is InChI=1S/C16H26N4O2/c21-12-14-4-7-19(11-15(14)22)10-13-8-17-16(18-9-13)20-5-2-1-3-6-20/h8-9,14-15,21-22H,1-7,10-12H2/t14-,15-/m1/s1. The van der Waals surface area contributed by atoms with Crippen molar-refractivity contribution in [3.8, 4) is 0 Å². The van der Waals surface area contributed by atoms with Crippen LogP contribution >= 0.6 is 0 Å². The van der Waals surface area contributed by atoms with E-state index >= 15 is 0 Å². The molecule has 122 valence electrons. The summed E-state index contributed by atoms with van der Waals surface area (Å²) in [5.41, 5.74) is 1.08. The Labute approximate surface area is 131 Å². The second kappa shape index (κ2) is 7.35. The first-order valence-corrected chi connectivity index (χ1v) is 8.33. The van der Waals surface area contributed by atoms with E-state index in [1.54, 1.807) is 0 Å². The minimum absolute atomic E-state index is 0.0222. The number of aromatic nitrogens is 2. The van der Waals surface area contributed by atoms with Crippen LogP contribution in [0.2, 0.25) is 0 Å². The number of anilines is 1. The van der Waals surface area contributed by atoms with Gasteiger partial charge < -0.3 is 15.1 Å². The van der Waals surface area contributed by atoms with Crippen molar-refractivity contribution in [1.82, 2.24) is 14.9 Å². The Balaban J connectivity index is 1.55. The molecule has 1 aromatic rings. The van der Waals surface area contributed by atoms with Crippen molar-refractivity contribution in [3.05, 3.63) is 18.0 Å². The van der Waals surface area contributed by atoms with Crippen molar-refractivity contribution in [3.63, 3.8) is 0 Å². The molecule has 2 fully saturated rings. The molecule has 1 aromatic heterocycles. The van der Waals surface area contributed by atoms with Gasteiger partial charge in [-0.05, 0) is 32.2 Å². The summed E-state index contributed by atoms with van der Waals surface area (Å²) < 4.78 is 0. The second-order valence-electron chi connectivity index (χ2n) is 6.47. The SMILES string of the molecule is OC[C@H]1CCN(Cc2cnc(N3CCCCC3)nc2)C[C@H]1O. The van der Waals surface area contributed by atoms with Gasteiger partial charge in [0.1, 0.15) is 0 Å². The van der Waals surface area contributed by atoms with E-state index in [0.717, 1.165) is 44.1 Å². The Morgan fingerprint density at radius 2 is 1.82 bits per heavy atom. The molecule has 2 atom stereocenters. The molecule has 0 unspecified atom stereocenters. The highest BCUT2D eigenvalue weighted by Gasteiger charge is 2.27. The highest BCUT2D eigenvalue weighted by atomic mass is 16.3. The van der Waals surface area contributed by atoms with Crippen molar-refractivity contribution in [1.29, 1.82) is 0 Å². The van der Waals surface area contributed by atoms with Gasteiger partial charge in [0.2, 0.25) is 5.95 Å². The van der Waals surface area contributed by atoms with Gasteiger partial charge in [-0.25, -0.2) is 9.97 Å². The first-order chi connectivity index (χ1) is 10.8. The molecule has 2 aliphatic heterocycles. The molecular weight excluding hydrogens is 280 g/mol. The zero-order valence-electron chi connectivity index (χ0n) is 13.1. The highest BCUT2D eigenvalue weighted by Crippen LogP contribution is 2.20. The van der Waals surface area contributed by atoms with Crippen LogP contribution in [0.25, 0.3) is 0 Å². The summed E-state index contributed by atoms with van der Waals surface area (Å²) in [7, 11) is 0. The zero-order valence-corrected chi connectivity index (χ0v) is 13.1. The van der Waals surface area contributed by atoms with Gasteiger partial charge in [0.15, 0.2) is 0 Å². The minimum Gasteiger partial charge on any atom is -0.396 e. The van der Waals surface area contributed by atoms with Crippen molar-refractivity contribution in [2.75, 3.05) is 37.7 Å². The third-order valence-corrected chi connectivity index (χ3v) is 4.78. The normalized spacial score (nSPS) is 27.1. The van der Waals surface area contributed by atoms with Crippen LogP contribution in [0.1, 0.15) is 31.2 Å². The number of hydrogen-bond acceptors (Lipinski definition) is 6. The van der Waals surface area contributed by atoms with E-state index in [1.165, 1.54) is 19.3 Å². The van der Waals surface area contributed by atoms with Crippen LogP contribution in [0.5, 0.6) is 0 Å². The number of β-amino-alcohol motifs (C(OH)–C–C–N with tert-alkyl or cyclic N) is 1. The van der Waals surface area contributed by atoms with Crippen LogP contribution in [-0.2, 0) is 6.54 Å². The molecule has 6 heteroatoms. The Morgan fingerprint density at radius 1 is 1.09 bits per heavy atom. The van der Waals surface area contributed by atoms with Crippen LogP contribution < -0.4 is 4.90 Å². The lowest BCUT2D eigenvalue weighted by Crippen LogP contribution is -2.44. The molecule has 0 spiro atoms. The largest absolute Gasteiger partial charge is 0.396 e. The van der Waals surface area contributed by atoms with Gasteiger partial charge in [-0.15, -0.1) is 0 Å². The van der Waals surface area contributed by atoms with Crippen LogP contribution in [0.15, 0.2) is 12.4 Å². The van der Waals surface area contributed by atoms with Crippen LogP contribution in [0, 0.1) is 5.92 Å². The Kier molecular flexibility index (Phi) is 5.23. The van der Waals surface area contributed by atoms with E-state index in [0.29, 0.717) is 6.54 Å². The first-order valence-electron chi connectivity index (χ1n) is 8.33. The molecule has 0 aromatic carbocycles. The fourth-order valence-corrected chi connectivity index (χ4v) is 3.35. The van der Waals surface area contributed by atoms with Gasteiger partial charge in [0, 0.05) is 56.7 Å². The average molecular weight is 306 g/mol. The van der Waals surface area contributed by atoms with E-state index in [-0.39, 0.29) is 12.5 Å². The van der Waals surface area contributed by atoms with Gasteiger partial charge in [0.05, 0.1) is 6.10 Å². The van der Waals surface area contributed by atoms with E-state index in [2.05, 4.69) is 19.8 Å². The summed E-state index contributed by atoms with van der Waals surface area (Å²) in [6.07, 6.45) is 7.96. The summed E-state index contributed by atoms with van der Waals surface area (Å²) in [5, 5.41) is 19.2. The van der Waals surface area contributed by atoms with Crippen LogP contribution in [0.3, 0.4) is 0 Å². The minimum atomic E-state index is -0.438. The summed E-state index contributed by atoms with van der Waals surface area (Å²) in [6.45, 7) is 4.45. The number of nitrogens with zero attached hydrogens (tertiary/aromatic N) is 4. The lowest BCUT2D eigenvalue weighted by Gasteiger charge is -2.35. The molecule has 2 saturated heterocycles. The Hall–Kier alpha value is -1.24. The predicted octanol–water partition coefficient (Wildman–Crippen LogP) is 0.642. The van der Waals surface area contributed by atoms with E-state index in [9.17, 15) is 10.2 Å². The lowest BCUT2D eigenvalue weighted by atomic mass is 9.94. The summed E-state index contributed by atoms with van der Waals surface area (Å²) in [6, 6.07) is 0. The maximum Gasteiger partial charge on any atom is 0.225 e. The first kappa shape index (κ1) is 15.6. The van der Waals surface area contributed by atoms with Crippen molar-refractivity contribution in [2.45, 2.75) is 38.3 Å². The maximum atomic E-state index is 9.99. The van der Waals surface area contributed by atoms with Gasteiger partial charge in [-0.3, -0.25) is 4.90 Å².